The van der Waals surface area contributed by atoms with Crippen molar-refractivity contribution >= 4 is 11.5 Å². The number of hydrogen-bond acceptors (Lipinski definition) is 5. The molecular formula is C12H14N4O2. The summed E-state index contributed by atoms with van der Waals surface area (Å²) < 4.78 is 0. The fourth-order valence-corrected chi connectivity index (χ4v) is 2.15. The third-order valence-corrected chi connectivity index (χ3v) is 3.09. The first-order valence-electron chi connectivity index (χ1n) is 6.03. The average Bonchev–Trinajstić information content (AvgIpc) is 2.66. The maximum atomic E-state index is 10.7. The predicted molar refractivity (Wildman–Crippen MR) is 66.3 cm³/mol. The van der Waals surface area contributed by atoms with Crippen LogP contribution in [0.1, 0.15) is 31.4 Å². The molecule has 0 spiro atoms. The predicted octanol–water partition coefficient (Wildman–Crippen LogP) is 2.24. The molecule has 0 amide bonds. The minimum atomic E-state index is -0.572. The lowest BCUT2D eigenvalue weighted by molar-refractivity contribution is -0.385. The Labute approximate surface area is 105 Å². The van der Waals surface area contributed by atoms with Crippen LogP contribution in [0.4, 0.5) is 11.5 Å². The van der Waals surface area contributed by atoms with Crippen molar-refractivity contribution in [2.75, 3.05) is 18.0 Å². The molecular weight excluding hydrogens is 232 g/mol. The van der Waals surface area contributed by atoms with Gasteiger partial charge in [-0.1, -0.05) is 12.8 Å². The van der Waals surface area contributed by atoms with E-state index in [9.17, 15) is 10.1 Å². The summed E-state index contributed by atoms with van der Waals surface area (Å²) >= 11 is 0. The van der Waals surface area contributed by atoms with Gasteiger partial charge in [-0.15, -0.1) is 0 Å². The molecule has 94 valence electrons. The lowest BCUT2D eigenvalue weighted by Gasteiger charge is -2.21. The fourth-order valence-electron chi connectivity index (χ4n) is 2.15. The highest BCUT2D eigenvalue weighted by Crippen LogP contribution is 2.22. The van der Waals surface area contributed by atoms with E-state index in [0.717, 1.165) is 25.9 Å². The zero-order chi connectivity index (χ0) is 13.0. The van der Waals surface area contributed by atoms with Gasteiger partial charge in [0.05, 0.1) is 4.92 Å². The number of rotatable bonds is 2. The van der Waals surface area contributed by atoms with Crippen molar-refractivity contribution in [2.24, 2.45) is 0 Å². The van der Waals surface area contributed by atoms with Crippen LogP contribution >= 0.6 is 0 Å². The van der Waals surface area contributed by atoms with E-state index in [-0.39, 0.29) is 11.4 Å². The van der Waals surface area contributed by atoms with E-state index in [2.05, 4.69) is 9.88 Å². The molecule has 2 rings (SSSR count). The van der Waals surface area contributed by atoms with E-state index in [1.54, 1.807) is 12.1 Å². The molecule has 0 aromatic carbocycles. The zero-order valence-corrected chi connectivity index (χ0v) is 10.0. The third kappa shape index (κ3) is 2.56. The van der Waals surface area contributed by atoms with E-state index in [4.69, 9.17) is 5.26 Å². The second-order valence-electron chi connectivity index (χ2n) is 4.31. The summed E-state index contributed by atoms with van der Waals surface area (Å²) in [5.74, 6) is 0.666. The Bertz CT molecular complexity index is 487. The van der Waals surface area contributed by atoms with Gasteiger partial charge >= 0.3 is 5.69 Å². The maximum Gasteiger partial charge on any atom is 0.305 e. The molecule has 1 fully saturated rings. The Balaban J connectivity index is 2.29. The molecule has 0 N–H and O–H groups in total. The largest absolute Gasteiger partial charge is 0.357 e. The average molecular weight is 246 g/mol. The molecule has 0 bridgehead atoms. The number of nitrogens with zero attached hydrogens (tertiary/aromatic N) is 4. The van der Waals surface area contributed by atoms with Gasteiger partial charge in [-0.05, 0) is 18.9 Å². The van der Waals surface area contributed by atoms with Crippen LogP contribution in [-0.4, -0.2) is 23.0 Å². The number of nitro groups is 1. The molecule has 1 aromatic heterocycles. The Hall–Kier alpha value is -2.16. The molecule has 0 saturated carbocycles. The Morgan fingerprint density at radius 1 is 1.28 bits per heavy atom. The Morgan fingerprint density at radius 3 is 2.50 bits per heavy atom. The third-order valence-electron chi connectivity index (χ3n) is 3.09. The zero-order valence-electron chi connectivity index (χ0n) is 10.0. The number of hydrogen-bond donors (Lipinski definition) is 0. The van der Waals surface area contributed by atoms with Crippen molar-refractivity contribution in [2.45, 2.75) is 25.7 Å². The maximum absolute atomic E-state index is 10.7. The van der Waals surface area contributed by atoms with E-state index < -0.39 is 4.92 Å². The van der Waals surface area contributed by atoms with Gasteiger partial charge in [0.15, 0.2) is 0 Å². The molecule has 6 nitrogen and oxygen atoms in total. The second kappa shape index (κ2) is 5.45. The number of nitriles is 1. The first-order valence-corrected chi connectivity index (χ1v) is 6.03. The standard InChI is InChI=1S/C12H14N4O2/c13-9-10-11(16(17)18)5-6-12(14-10)15-7-3-1-2-4-8-15/h5-6H,1-4,7-8H2. The molecule has 2 heterocycles. The van der Waals surface area contributed by atoms with Gasteiger partial charge in [0, 0.05) is 19.2 Å². The lowest BCUT2D eigenvalue weighted by atomic mass is 10.2. The van der Waals surface area contributed by atoms with Crippen molar-refractivity contribution in [1.82, 2.24) is 4.98 Å². The van der Waals surface area contributed by atoms with Gasteiger partial charge in [0.2, 0.25) is 5.69 Å². The van der Waals surface area contributed by atoms with Crippen LogP contribution in [0.3, 0.4) is 0 Å². The van der Waals surface area contributed by atoms with Gasteiger partial charge in [-0.25, -0.2) is 4.98 Å². The Morgan fingerprint density at radius 2 is 1.94 bits per heavy atom. The second-order valence-corrected chi connectivity index (χ2v) is 4.31. The lowest BCUT2D eigenvalue weighted by Crippen LogP contribution is -2.25. The molecule has 1 aliphatic rings. The monoisotopic (exact) mass is 246 g/mol. The topological polar surface area (TPSA) is 83.1 Å². The van der Waals surface area contributed by atoms with Crippen LogP contribution in [-0.2, 0) is 0 Å². The van der Waals surface area contributed by atoms with Crippen molar-refractivity contribution in [3.8, 4) is 6.07 Å². The summed E-state index contributed by atoms with van der Waals surface area (Å²) in [5, 5.41) is 19.6. The van der Waals surface area contributed by atoms with Crippen molar-refractivity contribution in [3.63, 3.8) is 0 Å². The highest BCUT2D eigenvalue weighted by Gasteiger charge is 2.18. The molecule has 0 radical (unpaired) electrons. The van der Waals surface area contributed by atoms with Crippen molar-refractivity contribution in [1.29, 1.82) is 5.26 Å². The highest BCUT2D eigenvalue weighted by atomic mass is 16.6. The quantitative estimate of drug-likeness (QED) is 0.590. The van der Waals surface area contributed by atoms with Gasteiger partial charge in [0.1, 0.15) is 11.9 Å². The summed E-state index contributed by atoms with van der Waals surface area (Å²) in [4.78, 5) is 16.3. The van der Waals surface area contributed by atoms with E-state index in [1.807, 2.05) is 0 Å². The van der Waals surface area contributed by atoms with Crippen LogP contribution in [0.2, 0.25) is 0 Å². The summed E-state index contributed by atoms with van der Waals surface area (Å²) in [6.45, 7) is 1.80. The summed E-state index contributed by atoms with van der Waals surface area (Å²) in [6.07, 6.45) is 4.60. The highest BCUT2D eigenvalue weighted by molar-refractivity contribution is 5.51. The molecule has 1 saturated heterocycles. The summed E-state index contributed by atoms with van der Waals surface area (Å²) in [7, 11) is 0. The van der Waals surface area contributed by atoms with Crippen LogP contribution < -0.4 is 4.90 Å². The summed E-state index contributed by atoms with van der Waals surface area (Å²) in [5.41, 5.74) is -0.335. The van der Waals surface area contributed by atoms with Gasteiger partial charge in [0.25, 0.3) is 0 Å². The fraction of sp³-hybridized carbons (Fsp3) is 0.500. The molecule has 18 heavy (non-hydrogen) atoms. The SMILES string of the molecule is N#Cc1nc(N2CCCCCC2)ccc1[N+](=O)[O-]. The summed E-state index contributed by atoms with van der Waals surface area (Å²) in [6, 6.07) is 4.79. The van der Waals surface area contributed by atoms with E-state index >= 15 is 0 Å². The van der Waals surface area contributed by atoms with Gasteiger partial charge in [-0.2, -0.15) is 5.26 Å². The number of aromatic nitrogens is 1. The normalized spacial score (nSPS) is 15.8. The smallest absolute Gasteiger partial charge is 0.305 e. The molecule has 0 atom stereocenters. The van der Waals surface area contributed by atoms with E-state index in [0.29, 0.717) is 5.82 Å². The first-order chi connectivity index (χ1) is 8.72. The van der Waals surface area contributed by atoms with Crippen LogP contribution in [0, 0.1) is 21.4 Å². The van der Waals surface area contributed by atoms with E-state index in [1.165, 1.54) is 18.9 Å². The van der Waals surface area contributed by atoms with Gasteiger partial charge in [-0.3, -0.25) is 10.1 Å². The molecule has 0 aliphatic carbocycles. The first kappa shape index (κ1) is 12.3. The van der Waals surface area contributed by atoms with Crippen LogP contribution in [0.15, 0.2) is 12.1 Å². The number of anilines is 1. The Kier molecular flexibility index (Phi) is 3.72. The molecule has 1 aliphatic heterocycles. The molecule has 1 aromatic rings. The van der Waals surface area contributed by atoms with Crippen LogP contribution in [0.25, 0.3) is 0 Å². The molecule has 0 unspecified atom stereocenters. The van der Waals surface area contributed by atoms with Crippen molar-refractivity contribution < 1.29 is 4.92 Å². The van der Waals surface area contributed by atoms with Crippen molar-refractivity contribution in [3.05, 3.63) is 27.9 Å². The van der Waals surface area contributed by atoms with Crippen LogP contribution in [0.5, 0.6) is 0 Å². The number of pyridine rings is 1. The molecule has 6 heteroatoms. The van der Waals surface area contributed by atoms with Gasteiger partial charge < -0.3 is 4.90 Å². The minimum absolute atomic E-state index is 0.109. The minimum Gasteiger partial charge on any atom is -0.357 e.